The molecule has 4 rings (SSSR count). The number of hydrogen-bond acceptors (Lipinski definition) is 5. The fourth-order valence-corrected chi connectivity index (χ4v) is 4.27. The van der Waals surface area contributed by atoms with Gasteiger partial charge in [-0.1, -0.05) is 23.9 Å². The molecule has 0 unspecified atom stereocenters. The number of carbonyl (C=O) groups excluding carboxylic acids is 1. The molecule has 1 amide bonds. The molecule has 3 aromatic rings. The number of nitrogens with one attached hydrogen (secondary N) is 1. The number of aromatic nitrogens is 1. The molecule has 1 aliphatic heterocycles. The van der Waals surface area contributed by atoms with Gasteiger partial charge in [0.25, 0.3) is 0 Å². The van der Waals surface area contributed by atoms with Crippen molar-refractivity contribution in [1.29, 1.82) is 5.26 Å². The minimum absolute atomic E-state index is 0.112. The standard InChI is InChI=1S/C23H22N4OS/c1-16-4-5-17-13-18(14-24)23(26-21(17)12-16)29-15-22(28)25-19-6-8-20(9-7-19)27-10-2-3-11-27/h4-9,12-13H,2-3,10-11,15H2,1H3,(H,25,28). The molecule has 5 nitrogen and oxygen atoms in total. The third kappa shape index (κ3) is 4.52. The van der Waals surface area contributed by atoms with Gasteiger partial charge in [-0.25, -0.2) is 4.98 Å². The average Bonchev–Trinajstić information content (AvgIpc) is 3.27. The lowest BCUT2D eigenvalue weighted by atomic mass is 10.1. The molecule has 29 heavy (non-hydrogen) atoms. The zero-order valence-electron chi connectivity index (χ0n) is 16.3. The maximum atomic E-state index is 12.4. The number of nitrogens with zero attached hydrogens (tertiary/aromatic N) is 3. The van der Waals surface area contributed by atoms with Gasteiger partial charge in [-0.2, -0.15) is 5.26 Å². The normalized spacial score (nSPS) is 13.4. The van der Waals surface area contributed by atoms with Gasteiger partial charge in [0.2, 0.25) is 5.91 Å². The summed E-state index contributed by atoms with van der Waals surface area (Å²) in [5.41, 5.74) is 4.42. The van der Waals surface area contributed by atoms with Crippen LogP contribution in [0.25, 0.3) is 10.9 Å². The van der Waals surface area contributed by atoms with Crippen LogP contribution in [0.4, 0.5) is 11.4 Å². The number of nitriles is 1. The van der Waals surface area contributed by atoms with E-state index in [4.69, 9.17) is 0 Å². The van der Waals surface area contributed by atoms with Crippen LogP contribution in [0.5, 0.6) is 0 Å². The van der Waals surface area contributed by atoms with Gasteiger partial charge >= 0.3 is 0 Å². The highest BCUT2D eigenvalue weighted by Gasteiger charge is 2.13. The number of aryl methyl sites for hydroxylation is 1. The van der Waals surface area contributed by atoms with Crippen LogP contribution in [-0.2, 0) is 4.79 Å². The Hall–Kier alpha value is -3.04. The first kappa shape index (κ1) is 19.3. The summed E-state index contributed by atoms with van der Waals surface area (Å²) in [5.74, 6) is 0.0892. The van der Waals surface area contributed by atoms with Crippen molar-refractivity contribution in [2.45, 2.75) is 24.8 Å². The molecule has 1 N–H and O–H groups in total. The predicted octanol–water partition coefficient (Wildman–Crippen LogP) is 4.75. The number of anilines is 2. The second kappa shape index (κ2) is 8.54. The van der Waals surface area contributed by atoms with Crippen molar-refractivity contribution in [1.82, 2.24) is 4.98 Å². The van der Waals surface area contributed by atoms with Gasteiger partial charge < -0.3 is 10.2 Å². The van der Waals surface area contributed by atoms with E-state index in [0.717, 1.165) is 35.2 Å². The van der Waals surface area contributed by atoms with Gasteiger partial charge in [0.05, 0.1) is 16.8 Å². The fourth-order valence-electron chi connectivity index (χ4n) is 3.51. The molecule has 0 bridgehead atoms. The van der Waals surface area contributed by atoms with Crippen molar-refractivity contribution in [2.24, 2.45) is 0 Å². The van der Waals surface area contributed by atoms with E-state index in [0.29, 0.717) is 10.6 Å². The summed E-state index contributed by atoms with van der Waals surface area (Å²) in [4.78, 5) is 19.3. The third-order valence-electron chi connectivity index (χ3n) is 5.02. The summed E-state index contributed by atoms with van der Waals surface area (Å²) in [5, 5.41) is 13.9. The van der Waals surface area contributed by atoms with E-state index in [9.17, 15) is 10.1 Å². The maximum absolute atomic E-state index is 12.4. The molecular formula is C23H22N4OS. The van der Waals surface area contributed by atoms with E-state index in [1.165, 1.54) is 30.3 Å². The topological polar surface area (TPSA) is 69.0 Å². The molecule has 0 saturated carbocycles. The van der Waals surface area contributed by atoms with E-state index in [2.05, 4.69) is 33.4 Å². The van der Waals surface area contributed by atoms with Crippen LogP contribution in [0.3, 0.4) is 0 Å². The highest BCUT2D eigenvalue weighted by Crippen LogP contribution is 2.26. The van der Waals surface area contributed by atoms with Crippen LogP contribution in [0.1, 0.15) is 24.0 Å². The Morgan fingerprint density at radius 3 is 2.66 bits per heavy atom. The van der Waals surface area contributed by atoms with Gasteiger partial charge in [0.1, 0.15) is 11.1 Å². The molecule has 1 saturated heterocycles. The van der Waals surface area contributed by atoms with E-state index in [-0.39, 0.29) is 11.7 Å². The molecule has 146 valence electrons. The summed E-state index contributed by atoms with van der Waals surface area (Å²) in [6.07, 6.45) is 2.48. The molecule has 1 aliphatic rings. The number of benzene rings is 2. The zero-order valence-corrected chi connectivity index (χ0v) is 17.1. The van der Waals surface area contributed by atoms with Crippen molar-refractivity contribution < 1.29 is 4.79 Å². The molecule has 0 spiro atoms. The van der Waals surface area contributed by atoms with Crippen molar-refractivity contribution in [3.8, 4) is 6.07 Å². The lowest BCUT2D eigenvalue weighted by molar-refractivity contribution is -0.113. The lowest BCUT2D eigenvalue weighted by Crippen LogP contribution is -2.18. The monoisotopic (exact) mass is 402 g/mol. The van der Waals surface area contributed by atoms with E-state index >= 15 is 0 Å². The van der Waals surface area contributed by atoms with E-state index in [1.54, 1.807) is 0 Å². The maximum Gasteiger partial charge on any atom is 0.234 e. The van der Waals surface area contributed by atoms with Gasteiger partial charge in [-0.3, -0.25) is 4.79 Å². The number of rotatable bonds is 5. The summed E-state index contributed by atoms with van der Waals surface area (Å²) < 4.78 is 0. The van der Waals surface area contributed by atoms with Gasteiger partial charge in [-0.15, -0.1) is 0 Å². The van der Waals surface area contributed by atoms with Crippen LogP contribution in [0.15, 0.2) is 53.6 Å². The molecule has 0 radical (unpaired) electrons. The quantitative estimate of drug-likeness (QED) is 0.624. The van der Waals surface area contributed by atoms with Crippen molar-refractivity contribution in [3.63, 3.8) is 0 Å². The number of pyridine rings is 1. The minimum atomic E-state index is -0.112. The summed E-state index contributed by atoms with van der Waals surface area (Å²) in [7, 11) is 0. The van der Waals surface area contributed by atoms with E-state index < -0.39 is 0 Å². The Morgan fingerprint density at radius 2 is 1.93 bits per heavy atom. The second-order valence-electron chi connectivity index (χ2n) is 7.23. The van der Waals surface area contributed by atoms with Crippen LogP contribution in [0, 0.1) is 18.3 Å². The first-order valence-corrected chi connectivity index (χ1v) is 10.7. The van der Waals surface area contributed by atoms with Crippen molar-refractivity contribution in [3.05, 3.63) is 59.7 Å². The molecule has 6 heteroatoms. The Labute approximate surface area is 174 Å². The summed E-state index contributed by atoms with van der Waals surface area (Å²) >= 11 is 1.29. The largest absolute Gasteiger partial charge is 0.372 e. The number of fused-ring (bicyclic) bond motifs is 1. The SMILES string of the molecule is Cc1ccc2cc(C#N)c(SCC(=O)Nc3ccc(N4CCCC4)cc3)nc2c1. The van der Waals surface area contributed by atoms with Gasteiger partial charge in [-0.05, 0) is 61.7 Å². The first-order valence-electron chi connectivity index (χ1n) is 9.71. The van der Waals surface area contributed by atoms with Gasteiger partial charge in [0, 0.05) is 29.9 Å². The lowest BCUT2D eigenvalue weighted by Gasteiger charge is -2.17. The Bertz CT molecular complexity index is 1080. The average molecular weight is 403 g/mol. The van der Waals surface area contributed by atoms with E-state index in [1.807, 2.05) is 43.3 Å². The Balaban J connectivity index is 1.41. The smallest absolute Gasteiger partial charge is 0.234 e. The second-order valence-corrected chi connectivity index (χ2v) is 8.19. The molecule has 1 aromatic heterocycles. The molecule has 0 aliphatic carbocycles. The predicted molar refractivity (Wildman–Crippen MR) is 118 cm³/mol. The highest BCUT2D eigenvalue weighted by molar-refractivity contribution is 8.00. The number of thioether (sulfide) groups is 1. The van der Waals surface area contributed by atoms with Crippen LogP contribution in [-0.4, -0.2) is 29.7 Å². The van der Waals surface area contributed by atoms with Crippen molar-refractivity contribution in [2.75, 3.05) is 29.1 Å². The Morgan fingerprint density at radius 1 is 1.17 bits per heavy atom. The number of hydrogen-bond donors (Lipinski definition) is 1. The fraction of sp³-hybridized carbons (Fsp3) is 0.261. The molecule has 0 atom stereocenters. The highest BCUT2D eigenvalue weighted by atomic mass is 32.2. The first-order chi connectivity index (χ1) is 14.1. The molecule has 2 aromatic carbocycles. The molecular weight excluding hydrogens is 380 g/mol. The minimum Gasteiger partial charge on any atom is -0.372 e. The summed E-state index contributed by atoms with van der Waals surface area (Å²) in [6, 6.07) is 18.0. The third-order valence-corrected chi connectivity index (χ3v) is 6.01. The molecule has 1 fully saturated rings. The summed E-state index contributed by atoms with van der Waals surface area (Å²) in [6.45, 7) is 4.21. The number of carbonyl (C=O) groups is 1. The zero-order chi connectivity index (χ0) is 20.2. The Kier molecular flexibility index (Phi) is 5.68. The van der Waals surface area contributed by atoms with Crippen molar-refractivity contribution >= 4 is 39.9 Å². The van der Waals surface area contributed by atoms with Crippen LogP contribution >= 0.6 is 11.8 Å². The number of amides is 1. The molecule has 2 heterocycles. The van der Waals surface area contributed by atoms with Crippen LogP contribution < -0.4 is 10.2 Å². The van der Waals surface area contributed by atoms with Gasteiger partial charge in [0.15, 0.2) is 0 Å². The van der Waals surface area contributed by atoms with Crippen LogP contribution in [0.2, 0.25) is 0 Å².